The van der Waals surface area contributed by atoms with Gasteiger partial charge in [-0.1, -0.05) is 0 Å². The Balaban J connectivity index is 2.07. The summed E-state index contributed by atoms with van der Waals surface area (Å²) in [4.78, 5) is 19.2. The Kier molecular flexibility index (Phi) is 5.35. The number of anilines is 1. The lowest BCUT2D eigenvalue weighted by atomic mass is 10.2. The molecule has 1 heterocycles. The van der Waals surface area contributed by atoms with Crippen LogP contribution in [0.4, 0.5) is 10.6 Å². The lowest BCUT2D eigenvalue weighted by Gasteiger charge is -2.19. The number of amides is 1. The molecule has 0 atom stereocenters. The van der Waals surface area contributed by atoms with Crippen molar-refractivity contribution >= 4 is 11.9 Å². The van der Waals surface area contributed by atoms with Crippen molar-refractivity contribution in [1.82, 2.24) is 15.3 Å². The number of rotatable bonds is 5. The smallest absolute Gasteiger partial charge is 0.407 e. The van der Waals surface area contributed by atoms with Gasteiger partial charge >= 0.3 is 6.09 Å². The molecule has 1 rings (SSSR count). The molecule has 0 unspecified atom stereocenters. The molecule has 6 nitrogen and oxygen atoms in total. The molecule has 0 fully saturated rings. The second kappa shape index (κ2) is 6.78. The number of alkyl carbamates (subject to hydrolysis) is 1. The van der Waals surface area contributed by atoms with Gasteiger partial charge in [0.25, 0.3) is 0 Å². The van der Waals surface area contributed by atoms with E-state index in [0.717, 1.165) is 18.8 Å². The van der Waals surface area contributed by atoms with Crippen molar-refractivity contribution in [2.45, 2.75) is 32.8 Å². The monoisotopic (exact) mass is 252 g/mol. The topological polar surface area (TPSA) is 76.1 Å². The van der Waals surface area contributed by atoms with E-state index in [9.17, 15) is 4.79 Å². The molecule has 0 saturated carbocycles. The number of nitrogens with zero attached hydrogens (tertiary/aromatic N) is 2. The molecule has 18 heavy (non-hydrogen) atoms. The Morgan fingerprint density at radius 3 is 2.78 bits per heavy atom. The third-order valence-electron chi connectivity index (χ3n) is 1.91. The molecule has 2 N–H and O–H groups in total. The summed E-state index contributed by atoms with van der Waals surface area (Å²) in [6, 6.07) is 1.79. The normalized spacial score (nSPS) is 10.8. The highest BCUT2D eigenvalue weighted by Gasteiger charge is 2.15. The van der Waals surface area contributed by atoms with Gasteiger partial charge in [-0.3, -0.25) is 0 Å². The Labute approximate surface area is 107 Å². The van der Waals surface area contributed by atoms with Gasteiger partial charge in [0.05, 0.1) is 0 Å². The average Bonchev–Trinajstić information content (AvgIpc) is 2.27. The third-order valence-corrected chi connectivity index (χ3v) is 1.91. The van der Waals surface area contributed by atoms with Gasteiger partial charge in [0.1, 0.15) is 17.7 Å². The van der Waals surface area contributed by atoms with E-state index in [-0.39, 0.29) is 6.09 Å². The SMILES string of the molecule is CC(C)(C)OC(=O)NCCCNc1ccncn1. The van der Waals surface area contributed by atoms with E-state index in [1.807, 2.05) is 20.8 Å². The molecule has 0 bridgehead atoms. The number of nitrogens with one attached hydrogen (secondary N) is 2. The van der Waals surface area contributed by atoms with Crippen LogP contribution in [0.15, 0.2) is 18.6 Å². The van der Waals surface area contributed by atoms with Gasteiger partial charge in [0, 0.05) is 19.3 Å². The predicted octanol–water partition coefficient (Wildman–Crippen LogP) is 1.80. The zero-order chi connectivity index (χ0) is 13.4. The van der Waals surface area contributed by atoms with Crippen LogP contribution in [0.2, 0.25) is 0 Å². The molecule has 1 amide bonds. The van der Waals surface area contributed by atoms with E-state index in [2.05, 4.69) is 20.6 Å². The van der Waals surface area contributed by atoms with Crippen molar-refractivity contribution in [3.8, 4) is 0 Å². The number of hydrogen-bond acceptors (Lipinski definition) is 5. The fraction of sp³-hybridized carbons (Fsp3) is 0.583. The second-order valence-corrected chi connectivity index (χ2v) is 4.80. The molecular formula is C12H20N4O2. The highest BCUT2D eigenvalue weighted by Crippen LogP contribution is 2.06. The highest BCUT2D eigenvalue weighted by molar-refractivity contribution is 5.67. The minimum Gasteiger partial charge on any atom is -0.444 e. The molecule has 1 aromatic heterocycles. The average molecular weight is 252 g/mol. The Morgan fingerprint density at radius 1 is 1.39 bits per heavy atom. The van der Waals surface area contributed by atoms with Crippen LogP contribution in [-0.4, -0.2) is 34.8 Å². The van der Waals surface area contributed by atoms with E-state index in [0.29, 0.717) is 6.54 Å². The first kappa shape index (κ1) is 14.2. The van der Waals surface area contributed by atoms with Crippen molar-refractivity contribution in [1.29, 1.82) is 0 Å². The van der Waals surface area contributed by atoms with Gasteiger partial charge in [-0.2, -0.15) is 0 Å². The van der Waals surface area contributed by atoms with Crippen LogP contribution >= 0.6 is 0 Å². The summed E-state index contributed by atoms with van der Waals surface area (Å²) in [6.07, 6.45) is 3.57. The highest BCUT2D eigenvalue weighted by atomic mass is 16.6. The van der Waals surface area contributed by atoms with Gasteiger partial charge in [-0.05, 0) is 33.3 Å². The molecule has 6 heteroatoms. The summed E-state index contributed by atoms with van der Waals surface area (Å²) in [6.45, 7) is 6.80. The van der Waals surface area contributed by atoms with Gasteiger partial charge in [0.2, 0.25) is 0 Å². The van der Waals surface area contributed by atoms with Crippen LogP contribution in [0, 0.1) is 0 Å². The lowest BCUT2D eigenvalue weighted by molar-refractivity contribution is 0.0528. The van der Waals surface area contributed by atoms with Gasteiger partial charge in [-0.15, -0.1) is 0 Å². The fourth-order valence-corrected chi connectivity index (χ4v) is 1.20. The standard InChI is InChI=1S/C12H20N4O2/c1-12(2,3)18-11(17)15-7-4-6-14-10-5-8-13-9-16-10/h5,8-9H,4,6-7H2,1-3H3,(H,15,17)(H,13,14,16). The number of ether oxygens (including phenoxy) is 1. The minimum absolute atomic E-state index is 0.385. The van der Waals surface area contributed by atoms with E-state index in [1.165, 1.54) is 6.33 Å². The largest absolute Gasteiger partial charge is 0.444 e. The summed E-state index contributed by atoms with van der Waals surface area (Å²) in [5.41, 5.74) is -0.455. The molecule has 0 aliphatic carbocycles. The molecule has 1 aromatic rings. The number of carbonyl (C=O) groups excluding carboxylic acids is 1. The zero-order valence-corrected chi connectivity index (χ0v) is 11.1. The first-order valence-corrected chi connectivity index (χ1v) is 5.94. The molecule has 0 saturated heterocycles. The molecule has 0 aromatic carbocycles. The maximum Gasteiger partial charge on any atom is 0.407 e. The predicted molar refractivity (Wildman–Crippen MR) is 69.4 cm³/mol. The maximum atomic E-state index is 11.3. The van der Waals surface area contributed by atoms with Crippen LogP contribution in [0.3, 0.4) is 0 Å². The van der Waals surface area contributed by atoms with E-state index in [1.54, 1.807) is 12.3 Å². The first-order chi connectivity index (χ1) is 8.47. The van der Waals surface area contributed by atoms with Crippen LogP contribution in [0.25, 0.3) is 0 Å². The van der Waals surface area contributed by atoms with Crippen LogP contribution in [0.1, 0.15) is 27.2 Å². The lowest BCUT2D eigenvalue weighted by Crippen LogP contribution is -2.33. The Hall–Kier alpha value is -1.85. The second-order valence-electron chi connectivity index (χ2n) is 4.80. The number of carbonyl (C=O) groups is 1. The summed E-state index contributed by atoms with van der Waals surface area (Å²) in [5.74, 6) is 0.780. The summed E-state index contributed by atoms with van der Waals surface area (Å²) < 4.78 is 5.11. The summed E-state index contributed by atoms with van der Waals surface area (Å²) in [7, 11) is 0. The van der Waals surface area contributed by atoms with E-state index >= 15 is 0 Å². The van der Waals surface area contributed by atoms with Crippen molar-refractivity contribution in [2.75, 3.05) is 18.4 Å². The number of hydrogen-bond donors (Lipinski definition) is 2. The molecule has 0 aliphatic heterocycles. The summed E-state index contributed by atoms with van der Waals surface area (Å²) in [5, 5.41) is 5.81. The maximum absolute atomic E-state index is 11.3. The molecule has 100 valence electrons. The Morgan fingerprint density at radius 2 is 2.17 bits per heavy atom. The van der Waals surface area contributed by atoms with E-state index < -0.39 is 5.60 Å². The van der Waals surface area contributed by atoms with Crippen LogP contribution in [-0.2, 0) is 4.74 Å². The zero-order valence-electron chi connectivity index (χ0n) is 11.1. The van der Waals surface area contributed by atoms with Gasteiger partial charge < -0.3 is 15.4 Å². The minimum atomic E-state index is -0.455. The fourth-order valence-electron chi connectivity index (χ4n) is 1.20. The molecule has 0 aliphatic rings. The van der Waals surface area contributed by atoms with Crippen molar-refractivity contribution in [2.24, 2.45) is 0 Å². The molecule has 0 radical (unpaired) electrons. The van der Waals surface area contributed by atoms with Gasteiger partial charge in [0.15, 0.2) is 0 Å². The van der Waals surface area contributed by atoms with Gasteiger partial charge in [-0.25, -0.2) is 14.8 Å². The van der Waals surface area contributed by atoms with Crippen molar-refractivity contribution in [3.05, 3.63) is 18.6 Å². The first-order valence-electron chi connectivity index (χ1n) is 5.94. The molecule has 0 spiro atoms. The van der Waals surface area contributed by atoms with E-state index in [4.69, 9.17) is 4.74 Å². The van der Waals surface area contributed by atoms with Crippen molar-refractivity contribution in [3.63, 3.8) is 0 Å². The van der Waals surface area contributed by atoms with Crippen molar-refractivity contribution < 1.29 is 9.53 Å². The Bertz CT molecular complexity index is 362. The number of aromatic nitrogens is 2. The summed E-state index contributed by atoms with van der Waals surface area (Å²) >= 11 is 0. The van der Waals surface area contributed by atoms with Crippen LogP contribution in [0.5, 0.6) is 0 Å². The quantitative estimate of drug-likeness (QED) is 0.781. The molecular weight excluding hydrogens is 232 g/mol. The van der Waals surface area contributed by atoms with Crippen LogP contribution < -0.4 is 10.6 Å². The third kappa shape index (κ3) is 6.67.